The molecule has 0 saturated heterocycles. The predicted octanol–water partition coefficient (Wildman–Crippen LogP) is 2.44. The number of aryl methyl sites for hydroxylation is 1. The molecule has 7 nitrogen and oxygen atoms in total. The molecule has 1 aromatic heterocycles. The lowest BCUT2D eigenvalue weighted by Gasteiger charge is -2.08. The Balaban J connectivity index is 1.80. The van der Waals surface area contributed by atoms with E-state index < -0.39 is 23.4 Å². The van der Waals surface area contributed by atoms with E-state index in [0.717, 1.165) is 11.1 Å². The van der Waals surface area contributed by atoms with Crippen molar-refractivity contribution in [2.24, 2.45) is 0 Å². The lowest BCUT2D eigenvalue weighted by atomic mass is 10.1. The summed E-state index contributed by atoms with van der Waals surface area (Å²) in [6, 6.07) is 10.1. The van der Waals surface area contributed by atoms with Gasteiger partial charge in [0, 0.05) is 12.6 Å². The Hall–Kier alpha value is -2.74. The molecule has 0 spiro atoms. The summed E-state index contributed by atoms with van der Waals surface area (Å²) < 4.78 is 4.84. The summed E-state index contributed by atoms with van der Waals surface area (Å²) in [4.78, 5) is 33.4. The number of thiophene rings is 1. The first kappa shape index (κ1) is 16.6. The van der Waals surface area contributed by atoms with Gasteiger partial charge in [0.15, 0.2) is 6.61 Å². The molecule has 0 aliphatic rings. The Bertz CT molecular complexity index is 741. The van der Waals surface area contributed by atoms with Crippen LogP contribution in [0.5, 0.6) is 0 Å². The Kier molecular flexibility index (Phi) is 5.42. The van der Waals surface area contributed by atoms with Crippen molar-refractivity contribution in [3.63, 3.8) is 0 Å². The molecule has 0 saturated carbocycles. The minimum Gasteiger partial charge on any atom is -0.451 e. The first-order valence-corrected chi connectivity index (χ1v) is 7.51. The summed E-state index contributed by atoms with van der Waals surface area (Å²) in [5, 5.41) is 13.0. The van der Waals surface area contributed by atoms with Crippen LogP contribution in [0.25, 0.3) is 0 Å². The molecule has 8 heteroatoms. The molecule has 0 aliphatic heterocycles. The fraction of sp³-hybridized carbons (Fsp3) is 0.200. The zero-order valence-corrected chi connectivity index (χ0v) is 13.1. The van der Waals surface area contributed by atoms with E-state index in [4.69, 9.17) is 4.74 Å². The van der Waals surface area contributed by atoms with E-state index in [1.165, 1.54) is 12.1 Å². The second-order valence-electron chi connectivity index (χ2n) is 4.67. The molecule has 0 radical (unpaired) electrons. The highest BCUT2D eigenvalue weighted by Gasteiger charge is 2.17. The topological polar surface area (TPSA) is 98.5 Å². The van der Waals surface area contributed by atoms with Crippen molar-refractivity contribution in [2.45, 2.75) is 13.5 Å². The number of carbonyl (C=O) groups is 2. The van der Waals surface area contributed by atoms with Crippen LogP contribution >= 0.6 is 11.3 Å². The lowest BCUT2D eigenvalue weighted by molar-refractivity contribution is -0.380. The third kappa shape index (κ3) is 4.62. The van der Waals surface area contributed by atoms with Gasteiger partial charge in [-0.25, -0.2) is 4.79 Å². The van der Waals surface area contributed by atoms with Crippen molar-refractivity contribution in [1.29, 1.82) is 0 Å². The highest BCUT2D eigenvalue weighted by atomic mass is 32.1. The SMILES string of the molecule is Cc1ccccc1CNC(=O)COC(=O)c1ccc([N+](=O)[O-])s1. The zero-order chi connectivity index (χ0) is 16.8. The number of nitro groups is 1. The molecule has 1 aromatic carbocycles. The quantitative estimate of drug-likeness (QED) is 0.497. The van der Waals surface area contributed by atoms with Gasteiger partial charge < -0.3 is 10.1 Å². The van der Waals surface area contributed by atoms with E-state index in [9.17, 15) is 19.7 Å². The molecule has 2 aromatic rings. The van der Waals surface area contributed by atoms with Crippen molar-refractivity contribution < 1.29 is 19.2 Å². The van der Waals surface area contributed by atoms with Crippen molar-refractivity contribution in [3.8, 4) is 0 Å². The number of nitrogens with one attached hydrogen (secondary N) is 1. The molecule has 0 unspecified atom stereocenters. The maximum absolute atomic E-state index is 11.7. The third-order valence-corrected chi connectivity index (χ3v) is 4.06. The van der Waals surface area contributed by atoms with Gasteiger partial charge in [-0.15, -0.1) is 0 Å². The number of hydrogen-bond acceptors (Lipinski definition) is 6. The summed E-state index contributed by atoms with van der Waals surface area (Å²) >= 11 is 0.708. The number of amides is 1. The van der Waals surface area contributed by atoms with Crippen molar-refractivity contribution in [3.05, 3.63) is 62.5 Å². The molecule has 1 N–H and O–H groups in total. The monoisotopic (exact) mass is 334 g/mol. The lowest BCUT2D eigenvalue weighted by Crippen LogP contribution is -2.28. The van der Waals surface area contributed by atoms with Crippen LogP contribution < -0.4 is 5.32 Å². The largest absolute Gasteiger partial charge is 0.451 e. The molecule has 120 valence electrons. The van der Waals surface area contributed by atoms with Crippen molar-refractivity contribution in [1.82, 2.24) is 5.32 Å². The number of rotatable bonds is 6. The highest BCUT2D eigenvalue weighted by molar-refractivity contribution is 7.17. The second kappa shape index (κ2) is 7.50. The zero-order valence-electron chi connectivity index (χ0n) is 12.3. The predicted molar refractivity (Wildman–Crippen MR) is 84.3 cm³/mol. The molecular weight excluding hydrogens is 320 g/mol. The van der Waals surface area contributed by atoms with Crippen molar-refractivity contribution in [2.75, 3.05) is 6.61 Å². The van der Waals surface area contributed by atoms with Gasteiger partial charge in [-0.1, -0.05) is 35.6 Å². The molecule has 2 rings (SSSR count). The van der Waals surface area contributed by atoms with Gasteiger partial charge in [0.1, 0.15) is 4.88 Å². The van der Waals surface area contributed by atoms with Crippen LogP contribution in [0.15, 0.2) is 36.4 Å². The molecule has 0 aliphatic carbocycles. The van der Waals surface area contributed by atoms with E-state index in [-0.39, 0.29) is 9.88 Å². The fourth-order valence-electron chi connectivity index (χ4n) is 1.79. The Morgan fingerprint density at radius 1 is 1.26 bits per heavy atom. The van der Waals surface area contributed by atoms with E-state index in [1.54, 1.807) is 0 Å². The molecule has 0 atom stereocenters. The summed E-state index contributed by atoms with van der Waals surface area (Å²) in [7, 11) is 0. The first-order chi connectivity index (χ1) is 11.0. The molecular formula is C15H14N2O5S. The number of ether oxygens (including phenoxy) is 1. The highest BCUT2D eigenvalue weighted by Crippen LogP contribution is 2.24. The first-order valence-electron chi connectivity index (χ1n) is 6.70. The minimum absolute atomic E-state index is 0.0865. The third-order valence-electron chi connectivity index (χ3n) is 3.04. The van der Waals surface area contributed by atoms with Crippen molar-refractivity contribution >= 4 is 28.2 Å². The van der Waals surface area contributed by atoms with Crippen LogP contribution in [0.1, 0.15) is 20.8 Å². The fourth-order valence-corrected chi connectivity index (χ4v) is 2.51. The number of benzene rings is 1. The van der Waals surface area contributed by atoms with Crippen LogP contribution in [0.2, 0.25) is 0 Å². The van der Waals surface area contributed by atoms with Gasteiger partial charge in [-0.3, -0.25) is 14.9 Å². The maximum Gasteiger partial charge on any atom is 0.349 e. The Morgan fingerprint density at radius 3 is 2.65 bits per heavy atom. The van der Waals surface area contributed by atoms with Crippen LogP contribution in [-0.4, -0.2) is 23.4 Å². The molecule has 0 fully saturated rings. The van der Waals surface area contributed by atoms with Gasteiger partial charge in [-0.2, -0.15) is 0 Å². The number of nitrogens with zero attached hydrogens (tertiary/aromatic N) is 1. The van der Waals surface area contributed by atoms with Gasteiger partial charge in [-0.05, 0) is 24.1 Å². The van der Waals surface area contributed by atoms with Crippen LogP contribution in [0, 0.1) is 17.0 Å². The summed E-state index contributed by atoms with van der Waals surface area (Å²) in [6.45, 7) is 1.84. The molecule has 1 heterocycles. The smallest absolute Gasteiger partial charge is 0.349 e. The van der Waals surface area contributed by atoms with Gasteiger partial charge >= 0.3 is 11.0 Å². The van der Waals surface area contributed by atoms with Crippen LogP contribution in [0.3, 0.4) is 0 Å². The Labute approximate surface area is 136 Å². The normalized spacial score (nSPS) is 10.1. The molecule has 1 amide bonds. The van der Waals surface area contributed by atoms with E-state index >= 15 is 0 Å². The second-order valence-corrected chi connectivity index (χ2v) is 5.74. The average molecular weight is 334 g/mol. The summed E-state index contributed by atoms with van der Waals surface area (Å²) in [5.41, 5.74) is 2.02. The summed E-state index contributed by atoms with van der Waals surface area (Å²) in [6.07, 6.45) is 0. The van der Waals surface area contributed by atoms with Gasteiger partial charge in [0.05, 0.1) is 4.92 Å². The van der Waals surface area contributed by atoms with E-state index in [0.29, 0.717) is 17.9 Å². The Morgan fingerprint density at radius 2 is 2.00 bits per heavy atom. The van der Waals surface area contributed by atoms with Crippen LogP contribution in [0.4, 0.5) is 5.00 Å². The molecule has 0 bridgehead atoms. The van der Waals surface area contributed by atoms with Crippen LogP contribution in [-0.2, 0) is 16.1 Å². The summed E-state index contributed by atoms with van der Waals surface area (Å²) in [5.74, 6) is -1.19. The van der Waals surface area contributed by atoms with Gasteiger partial charge in [0.2, 0.25) is 0 Å². The van der Waals surface area contributed by atoms with E-state index in [2.05, 4.69) is 5.32 Å². The average Bonchev–Trinajstić information content (AvgIpc) is 3.02. The number of esters is 1. The van der Waals surface area contributed by atoms with Gasteiger partial charge in [0.25, 0.3) is 5.91 Å². The number of carbonyl (C=O) groups excluding carboxylic acids is 2. The standard InChI is InChI=1S/C15H14N2O5S/c1-10-4-2-3-5-11(10)8-16-13(18)9-22-15(19)12-6-7-14(23-12)17(20)21/h2-7H,8-9H2,1H3,(H,16,18). The minimum atomic E-state index is -0.755. The van der Waals surface area contributed by atoms with E-state index in [1.807, 2.05) is 31.2 Å². The number of hydrogen-bond donors (Lipinski definition) is 1. The maximum atomic E-state index is 11.7. The molecule has 23 heavy (non-hydrogen) atoms.